The second kappa shape index (κ2) is 9.65. The van der Waals surface area contributed by atoms with Crippen molar-refractivity contribution in [2.45, 2.75) is 29.6 Å². The lowest BCUT2D eigenvalue weighted by Crippen LogP contribution is -2.41. The fourth-order valence-corrected chi connectivity index (χ4v) is 5.18. The summed E-state index contributed by atoms with van der Waals surface area (Å²) >= 11 is 1.57. The van der Waals surface area contributed by atoms with Gasteiger partial charge in [0.2, 0.25) is 15.9 Å². The van der Waals surface area contributed by atoms with Crippen molar-refractivity contribution in [2.75, 3.05) is 31.3 Å². The maximum absolute atomic E-state index is 12.8. The highest BCUT2D eigenvalue weighted by atomic mass is 32.2. The van der Waals surface area contributed by atoms with Crippen LogP contribution in [0.25, 0.3) is 0 Å². The fourth-order valence-electron chi connectivity index (χ4n) is 3.30. The van der Waals surface area contributed by atoms with Crippen LogP contribution in [-0.4, -0.2) is 44.6 Å². The Morgan fingerprint density at radius 2 is 1.72 bits per heavy atom. The zero-order chi connectivity index (χ0) is 20.9. The van der Waals surface area contributed by atoms with E-state index in [1.807, 2.05) is 37.4 Å². The van der Waals surface area contributed by atoms with Gasteiger partial charge in [-0.1, -0.05) is 0 Å². The van der Waals surface area contributed by atoms with E-state index >= 15 is 0 Å². The van der Waals surface area contributed by atoms with Gasteiger partial charge in [0.1, 0.15) is 5.75 Å². The molecule has 0 atom stereocenters. The topological polar surface area (TPSA) is 75.7 Å². The monoisotopic (exact) mass is 434 g/mol. The van der Waals surface area contributed by atoms with Gasteiger partial charge in [0.15, 0.2) is 0 Å². The van der Waals surface area contributed by atoms with Crippen molar-refractivity contribution < 1.29 is 17.9 Å². The second-order valence-corrected chi connectivity index (χ2v) is 9.62. The Hall–Kier alpha value is -2.03. The SMILES string of the molecule is CCOc1ccc(NC(=O)C2CCN(S(=O)(=O)c3ccc(SC)cc3)CC2)cc1. The van der Waals surface area contributed by atoms with Crippen LogP contribution in [0.5, 0.6) is 5.75 Å². The van der Waals surface area contributed by atoms with Crippen molar-refractivity contribution in [3.8, 4) is 5.75 Å². The van der Waals surface area contributed by atoms with Crippen molar-refractivity contribution >= 4 is 33.4 Å². The first-order valence-corrected chi connectivity index (χ1v) is 12.3. The van der Waals surface area contributed by atoms with Crippen LogP contribution in [0.4, 0.5) is 5.69 Å². The van der Waals surface area contributed by atoms with Gasteiger partial charge < -0.3 is 10.1 Å². The number of hydrogen-bond acceptors (Lipinski definition) is 5. The summed E-state index contributed by atoms with van der Waals surface area (Å²) in [6.07, 6.45) is 2.96. The van der Waals surface area contributed by atoms with Crippen LogP contribution in [0.15, 0.2) is 58.3 Å². The van der Waals surface area contributed by atoms with Crippen molar-refractivity contribution in [3.05, 3.63) is 48.5 Å². The molecule has 0 saturated carbocycles. The molecule has 1 heterocycles. The van der Waals surface area contributed by atoms with Crippen LogP contribution in [0.1, 0.15) is 19.8 Å². The summed E-state index contributed by atoms with van der Waals surface area (Å²) in [6.45, 7) is 3.19. The van der Waals surface area contributed by atoms with Gasteiger partial charge in [-0.05, 0) is 74.6 Å². The van der Waals surface area contributed by atoms with Crippen molar-refractivity contribution in [3.63, 3.8) is 0 Å². The standard InChI is InChI=1S/C21H26N2O4S2/c1-3-27-18-6-4-17(5-7-18)22-21(24)16-12-14-23(15-13-16)29(25,26)20-10-8-19(28-2)9-11-20/h4-11,16H,3,12-15H2,1-2H3,(H,22,24). The molecule has 3 rings (SSSR count). The minimum Gasteiger partial charge on any atom is -0.494 e. The first kappa shape index (κ1) is 21.7. The van der Waals surface area contributed by atoms with E-state index in [1.165, 1.54) is 4.31 Å². The quantitative estimate of drug-likeness (QED) is 0.670. The molecule has 8 heteroatoms. The Morgan fingerprint density at radius 3 is 2.28 bits per heavy atom. The number of rotatable bonds is 7. The molecule has 1 amide bonds. The van der Waals surface area contributed by atoms with Crippen molar-refractivity contribution in [2.24, 2.45) is 5.92 Å². The normalized spacial score (nSPS) is 15.8. The van der Waals surface area contributed by atoms with E-state index in [2.05, 4.69) is 5.32 Å². The molecule has 2 aromatic carbocycles. The van der Waals surface area contributed by atoms with E-state index in [9.17, 15) is 13.2 Å². The lowest BCUT2D eigenvalue weighted by molar-refractivity contribution is -0.120. The number of nitrogens with zero attached hydrogens (tertiary/aromatic N) is 1. The maximum Gasteiger partial charge on any atom is 0.243 e. The molecule has 1 aliphatic rings. The Morgan fingerprint density at radius 1 is 1.10 bits per heavy atom. The van der Waals surface area contributed by atoms with Crippen LogP contribution in [0.2, 0.25) is 0 Å². The zero-order valence-electron chi connectivity index (χ0n) is 16.6. The number of anilines is 1. The molecule has 0 aromatic heterocycles. The molecule has 2 aromatic rings. The van der Waals surface area contributed by atoms with E-state index < -0.39 is 10.0 Å². The van der Waals surface area contributed by atoms with E-state index in [4.69, 9.17) is 4.74 Å². The average Bonchev–Trinajstić information content (AvgIpc) is 2.75. The number of thioether (sulfide) groups is 1. The third-order valence-corrected chi connectivity index (χ3v) is 7.61. The number of benzene rings is 2. The smallest absolute Gasteiger partial charge is 0.243 e. The summed E-state index contributed by atoms with van der Waals surface area (Å²) < 4.78 is 32.6. The lowest BCUT2D eigenvalue weighted by atomic mass is 9.97. The molecule has 1 aliphatic heterocycles. The van der Waals surface area contributed by atoms with Crippen LogP contribution < -0.4 is 10.1 Å². The molecule has 0 radical (unpaired) electrons. The Labute approximate surface area is 176 Å². The van der Waals surface area contributed by atoms with E-state index in [0.29, 0.717) is 43.1 Å². The molecule has 0 unspecified atom stereocenters. The van der Waals surface area contributed by atoms with Crippen molar-refractivity contribution in [1.29, 1.82) is 0 Å². The van der Waals surface area contributed by atoms with Crippen LogP contribution >= 0.6 is 11.8 Å². The molecule has 0 aliphatic carbocycles. The highest BCUT2D eigenvalue weighted by Crippen LogP contribution is 2.26. The van der Waals surface area contributed by atoms with Gasteiger partial charge in [-0.15, -0.1) is 11.8 Å². The summed E-state index contributed by atoms with van der Waals surface area (Å²) in [6, 6.07) is 14.2. The molecule has 1 fully saturated rings. The number of sulfonamides is 1. The van der Waals surface area contributed by atoms with Crippen LogP contribution in [0.3, 0.4) is 0 Å². The fraction of sp³-hybridized carbons (Fsp3) is 0.381. The van der Waals surface area contributed by atoms with Gasteiger partial charge in [0.25, 0.3) is 0 Å². The van der Waals surface area contributed by atoms with E-state index in [-0.39, 0.29) is 11.8 Å². The number of piperidine rings is 1. The third-order valence-electron chi connectivity index (χ3n) is 4.95. The lowest BCUT2D eigenvalue weighted by Gasteiger charge is -2.30. The molecule has 0 bridgehead atoms. The number of carbonyl (C=O) groups excluding carboxylic acids is 1. The predicted molar refractivity (Wildman–Crippen MR) is 116 cm³/mol. The van der Waals surface area contributed by atoms with Gasteiger partial charge in [-0.2, -0.15) is 4.31 Å². The predicted octanol–water partition coefficient (Wildman–Crippen LogP) is 3.85. The first-order valence-electron chi connectivity index (χ1n) is 9.62. The number of nitrogens with one attached hydrogen (secondary N) is 1. The highest BCUT2D eigenvalue weighted by molar-refractivity contribution is 7.98. The summed E-state index contributed by atoms with van der Waals surface area (Å²) in [5.74, 6) is 0.483. The highest BCUT2D eigenvalue weighted by Gasteiger charge is 2.32. The van der Waals surface area contributed by atoms with Gasteiger partial charge >= 0.3 is 0 Å². The van der Waals surface area contributed by atoms with Gasteiger partial charge in [-0.3, -0.25) is 4.79 Å². The Kier molecular flexibility index (Phi) is 7.21. The Bertz CT molecular complexity index is 920. The molecule has 0 spiro atoms. The molecular formula is C21H26N2O4S2. The van der Waals surface area contributed by atoms with Crippen LogP contribution in [0, 0.1) is 5.92 Å². The van der Waals surface area contributed by atoms with Gasteiger partial charge in [0.05, 0.1) is 11.5 Å². The number of hydrogen-bond donors (Lipinski definition) is 1. The van der Waals surface area contributed by atoms with Gasteiger partial charge in [0, 0.05) is 29.6 Å². The third kappa shape index (κ3) is 5.32. The number of carbonyl (C=O) groups is 1. The summed E-state index contributed by atoms with van der Waals surface area (Å²) in [4.78, 5) is 13.9. The molecular weight excluding hydrogens is 408 g/mol. The van der Waals surface area contributed by atoms with Gasteiger partial charge in [-0.25, -0.2) is 8.42 Å². The molecule has 29 heavy (non-hydrogen) atoms. The van der Waals surface area contributed by atoms with Crippen molar-refractivity contribution in [1.82, 2.24) is 4.31 Å². The summed E-state index contributed by atoms with van der Waals surface area (Å²) in [7, 11) is -3.53. The zero-order valence-corrected chi connectivity index (χ0v) is 18.3. The molecule has 6 nitrogen and oxygen atoms in total. The number of amides is 1. The van der Waals surface area contributed by atoms with E-state index in [1.54, 1.807) is 36.0 Å². The minimum absolute atomic E-state index is 0.0736. The van der Waals surface area contributed by atoms with Crippen LogP contribution in [-0.2, 0) is 14.8 Å². The molecule has 1 saturated heterocycles. The first-order chi connectivity index (χ1) is 13.9. The molecule has 156 valence electrons. The Balaban J connectivity index is 1.56. The minimum atomic E-state index is -3.53. The largest absolute Gasteiger partial charge is 0.494 e. The number of ether oxygens (including phenoxy) is 1. The second-order valence-electron chi connectivity index (χ2n) is 6.80. The average molecular weight is 435 g/mol. The molecule has 1 N–H and O–H groups in total. The summed E-state index contributed by atoms with van der Waals surface area (Å²) in [5.41, 5.74) is 0.711. The van der Waals surface area contributed by atoms with E-state index in [0.717, 1.165) is 10.6 Å². The summed E-state index contributed by atoms with van der Waals surface area (Å²) in [5, 5.41) is 2.91. The maximum atomic E-state index is 12.8.